The normalized spacial score (nSPS) is 11.6. The van der Waals surface area contributed by atoms with Gasteiger partial charge in [-0.15, -0.1) is 0 Å². The molecule has 2 N–H and O–H groups in total. The van der Waals surface area contributed by atoms with Crippen LogP contribution in [0.3, 0.4) is 0 Å². The number of nitrogens with zero attached hydrogens (tertiary/aromatic N) is 1. The van der Waals surface area contributed by atoms with Gasteiger partial charge in [-0.2, -0.15) is 0 Å². The number of esters is 1. The van der Waals surface area contributed by atoms with Crippen molar-refractivity contribution in [2.24, 2.45) is 5.73 Å². The van der Waals surface area contributed by atoms with Gasteiger partial charge in [0.15, 0.2) is 0 Å². The number of hydrogen-bond acceptors (Lipinski definition) is 5. The van der Waals surface area contributed by atoms with Crippen LogP contribution in [0, 0.1) is 0 Å². The Morgan fingerprint density at radius 1 is 0.774 bits per heavy atom. The van der Waals surface area contributed by atoms with Gasteiger partial charge in [-0.1, -0.05) is 90.4 Å². The number of quaternary nitrogens is 1. The van der Waals surface area contributed by atoms with Crippen LogP contribution in [0.1, 0.15) is 111 Å². The van der Waals surface area contributed by atoms with Crippen molar-refractivity contribution in [3.05, 3.63) is 0 Å². The third kappa shape index (κ3) is 28.9. The molecular weight excluding hydrogens is 392 g/mol. The standard InChI is InChI=1S/C20H41NO2.C5H11NO2/c1-4-5-6-7-8-9-10-11-12-13-14-15-16-17-18-23-19(22)20(2,3)21;1-6(2,3)4-5(7)8/h4-18,21H2,1-3H3;4H2,1-3H3. The van der Waals surface area contributed by atoms with Gasteiger partial charge in [0.2, 0.25) is 0 Å². The number of likely N-dealkylation sites (N-methyl/N-ethyl adjacent to an activating group) is 1. The highest BCUT2D eigenvalue weighted by atomic mass is 16.5. The third-order valence-electron chi connectivity index (χ3n) is 4.86. The number of carbonyl (C=O) groups excluding carboxylic acids is 2. The molecule has 0 unspecified atom stereocenters. The maximum Gasteiger partial charge on any atom is 0.325 e. The Labute approximate surface area is 192 Å². The molecule has 0 bridgehead atoms. The molecule has 186 valence electrons. The Morgan fingerprint density at radius 3 is 1.39 bits per heavy atom. The van der Waals surface area contributed by atoms with E-state index in [4.69, 9.17) is 10.5 Å². The lowest BCUT2D eigenvalue weighted by Crippen LogP contribution is -2.45. The molecule has 0 fully saturated rings. The first-order valence-electron chi connectivity index (χ1n) is 12.4. The Kier molecular flexibility index (Phi) is 20.2. The van der Waals surface area contributed by atoms with E-state index < -0.39 is 11.5 Å². The predicted molar refractivity (Wildman–Crippen MR) is 127 cm³/mol. The number of unbranched alkanes of at least 4 members (excludes halogenated alkanes) is 13. The Bertz CT molecular complexity index is 440. The molecule has 0 aliphatic carbocycles. The van der Waals surface area contributed by atoms with Crippen LogP contribution in [0.5, 0.6) is 0 Å². The van der Waals surface area contributed by atoms with Crippen LogP contribution >= 0.6 is 0 Å². The van der Waals surface area contributed by atoms with Crippen LogP contribution in [-0.4, -0.2) is 56.3 Å². The Hall–Kier alpha value is -1.14. The van der Waals surface area contributed by atoms with E-state index in [1.807, 2.05) is 0 Å². The second kappa shape index (κ2) is 19.5. The van der Waals surface area contributed by atoms with Gasteiger partial charge < -0.3 is 24.9 Å². The van der Waals surface area contributed by atoms with Crippen LogP contribution in [-0.2, 0) is 14.3 Å². The topological polar surface area (TPSA) is 92.5 Å². The number of ether oxygens (including phenoxy) is 1. The summed E-state index contributed by atoms with van der Waals surface area (Å²) in [5.74, 6) is -1.30. The molecule has 0 saturated carbocycles. The zero-order chi connectivity index (χ0) is 24.2. The Balaban J connectivity index is 0. The molecule has 0 rings (SSSR count). The molecule has 0 radical (unpaired) electrons. The lowest BCUT2D eigenvalue weighted by atomic mass is 10.0. The first-order valence-corrected chi connectivity index (χ1v) is 12.4. The van der Waals surface area contributed by atoms with Gasteiger partial charge >= 0.3 is 5.97 Å². The number of carbonyl (C=O) groups is 2. The molecule has 0 heterocycles. The highest BCUT2D eigenvalue weighted by Gasteiger charge is 2.23. The summed E-state index contributed by atoms with van der Waals surface area (Å²) in [5, 5.41) is 9.89. The number of hydrogen-bond donors (Lipinski definition) is 1. The minimum absolute atomic E-state index is 0.0694. The third-order valence-corrected chi connectivity index (χ3v) is 4.86. The first kappa shape index (κ1) is 32.0. The number of nitrogens with two attached hydrogens (primary N) is 1. The molecule has 0 aromatic rings. The Morgan fingerprint density at radius 2 is 1.13 bits per heavy atom. The molecule has 0 atom stereocenters. The molecular formula is C25H52N2O4. The van der Waals surface area contributed by atoms with Crippen molar-refractivity contribution in [3.8, 4) is 0 Å². The zero-order valence-corrected chi connectivity index (χ0v) is 21.5. The molecule has 0 aliphatic rings. The lowest BCUT2D eigenvalue weighted by molar-refractivity contribution is -0.864. The van der Waals surface area contributed by atoms with Gasteiger partial charge in [0, 0.05) is 0 Å². The van der Waals surface area contributed by atoms with Crippen molar-refractivity contribution < 1.29 is 23.9 Å². The highest BCUT2D eigenvalue weighted by Crippen LogP contribution is 2.13. The fourth-order valence-electron chi connectivity index (χ4n) is 3.03. The van der Waals surface area contributed by atoms with Crippen molar-refractivity contribution in [3.63, 3.8) is 0 Å². The SMILES string of the molecule is CCCCCCCCCCCCCCCCOC(=O)C(C)(C)N.C[N+](C)(C)CC(=O)[O-]. The summed E-state index contributed by atoms with van der Waals surface area (Å²) >= 11 is 0. The average molecular weight is 445 g/mol. The minimum atomic E-state index is -1.00. The van der Waals surface area contributed by atoms with Crippen molar-refractivity contribution in [2.75, 3.05) is 34.3 Å². The van der Waals surface area contributed by atoms with E-state index >= 15 is 0 Å². The highest BCUT2D eigenvalue weighted by molar-refractivity contribution is 5.79. The number of carboxylic acids is 1. The summed E-state index contributed by atoms with van der Waals surface area (Å²) in [7, 11) is 5.40. The van der Waals surface area contributed by atoms with Crippen LogP contribution < -0.4 is 10.8 Å². The predicted octanol–water partition coefficient (Wildman–Crippen LogP) is 4.19. The van der Waals surface area contributed by atoms with Gasteiger partial charge in [-0.25, -0.2) is 0 Å². The second-order valence-electron chi connectivity index (χ2n) is 10.3. The number of carboxylic acid groups (broad SMARTS) is 1. The fraction of sp³-hybridized carbons (Fsp3) is 0.920. The minimum Gasteiger partial charge on any atom is -0.544 e. The second-order valence-corrected chi connectivity index (χ2v) is 10.3. The molecule has 31 heavy (non-hydrogen) atoms. The van der Waals surface area contributed by atoms with E-state index in [9.17, 15) is 14.7 Å². The van der Waals surface area contributed by atoms with Gasteiger partial charge in [-0.3, -0.25) is 4.79 Å². The largest absolute Gasteiger partial charge is 0.544 e. The molecule has 6 nitrogen and oxygen atoms in total. The van der Waals surface area contributed by atoms with Crippen LogP contribution in [0.2, 0.25) is 0 Å². The molecule has 0 saturated heterocycles. The van der Waals surface area contributed by atoms with Gasteiger partial charge in [0.1, 0.15) is 12.1 Å². The average Bonchev–Trinajstić information content (AvgIpc) is 2.62. The molecule has 6 heteroatoms. The molecule has 0 spiro atoms. The van der Waals surface area contributed by atoms with Crippen LogP contribution in [0.25, 0.3) is 0 Å². The van der Waals surface area contributed by atoms with Crippen LogP contribution in [0.4, 0.5) is 0 Å². The summed E-state index contributed by atoms with van der Waals surface area (Å²) in [4.78, 5) is 21.3. The van der Waals surface area contributed by atoms with E-state index in [0.717, 1.165) is 12.8 Å². The number of aliphatic carboxylic acids is 1. The quantitative estimate of drug-likeness (QED) is 0.194. The van der Waals surface area contributed by atoms with Crippen LogP contribution in [0.15, 0.2) is 0 Å². The van der Waals surface area contributed by atoms with Gasteiger partial charge in [0.25, 0.3) is 0 Å². The summed E-state index contributed by atoms with van der Waals surface area (Å²) in [6.45, 7) is 6.21. The van der Waals surface area contributed by atoms with Crippen molar-refractivity contribution >= 4 is 11.9 Å². The van der Waals surface area contributed by atoms with E-state index in [2.05, 4.69) is 6.92 Å². The van der Waals surface area contributed by atoms with Crippen molar-refractivity contribution in [1.29, 1.82) is 0 Å². The van der Waals surface area contributed by atoms with E-state index in [0.29, 0.717) is 11.1 Å². The molecule has 0 aromatic heterocycles. The summed E-state index contributed by atoms with van der Waals surface area (Å²) in [5.41, 5.74) is 4.80. The van der Waals surface area contributed by atoms with Gasteiger partial charge in [-0.05, 0) is 20.3 Å². The zero-order valence-electron chi connectivity index (χ0n) is 21.5. The monoisotopic (exact) mass is 444 g/mol. The molecule has 0 amide bonds. The lowest BCUT2D eigenvalue weighted by Gasteiger charge is -2.23. The summed E-state index contributed by atoms with van der Waals surface area (Å²) < 4.78 is 5.57. The maximum absolute atomic E-state index is 11.5. The summed E-state index contributed by atoms with van der Waals surface area (Å²) in [6, 6.07) is 0. The van der Waals surface area contributed by atoms with Gasteiger partial charge in [0.05, 0.1) is 33.7 Å². The van der Waals surface area contributed by atoms with E-state index in [1.54, 1.807) is 35.0 Å². The van der Waals surface area contributed by atoms with E-state index in [-0.39, 0.29) is 12.5 Å². The fourth-order valence-corrected chi connectivity index (χ4v) is 3.03. The molecule has 0 aromatic carbocycles. The maximum atomic E-state index is 11.5. The first-order chi connectivity index (χ1) is 14.4. The van der Waals surface area contributed by atoms with Crippen molar-refractivity contribution in [2.45, 2.75) is 116 Å². The summed E-state index contributed by atoms with van der Waals surface area (Å²) in [6.07, 6.45) is 18.7. The molecule has 0 aliphatic heterocycles. The van der Waals surface area contributed by atoms with E-state index in [1.165, 1.54) is 77.0 Å². The van der Waals surface area contributed by atoms with Crippen molar-refractivity contribution in [1.82, 2.24) is 0 Å². The smallest absolute Gasteiger partial charge is 0.325 e. The number of rotatable bonds is 18.